The Bertz CT molecular complexity index is 769. The molecule has 0 saturated heterocycles. The van der Waals surface area contributed by atoms with Gasteiger partial charge in [0.05, 0.1) is 0 Å². The average molecular weight is 370 g/mol. The van der Waals surface area contributed by atoms with E-state index in [1.165, 1.54) is 41.3 Å². The van der Waals surface area contributed by atoms with Crippen LogP contribution >= 0.6 is 0 Å². The first kappa shape index (κ1) is 21.3. The van der Waals surface area contributed by atoms with Gasteiger partial charge in [0.15, 0.2) is 0 Å². The number of carboxylic acid groups (broad SMARTS) is 1. The number of likely N-dealkylation sites (N-methyl/N-ethyl adjacent to an activating group) is 1. The first-order chi connectivity index (χ1) is 12.5. The zero-order chi connectivity index (χ0) is 20.4. The second-order valence-electron chi connectivity index (χ2n) is 9.12. The van der Waals surface area contributed by atoms with Crippen molar-refractivity contribution in [3.05, 3.63) is 52.6 Å². The SMILES string of the molecule is CCN(C/C=C/C(C)=C/C(=O)O)c1cc2c(cc1C)C(C)(C)CCC2(C)C. The fourth-order valence-corrected chi connectivity index (χ4v) is 4.06. The van der Waals surface area contributed by atoms with Gasteiger partial charge in [-0.1, -0.05) is 45.9 Å². The summed E-state index contributed by atoms with van der Waals surface area (Å²) in [6.45, 7) is 17.3. The van der Waals surface area contributed by atoms with E-state index < -0.39 is 5.97 Å². The number of aryl methyl sites for hydroxylation is 1. The third-order valence-corrected chi connectivity index (χ3v) is 5.95. The predicted octanol–water partition coefficient (Wildman–Crippen LogP) is 5.76. The minimum absolute atomic E-state index is 0.198. The molecule has 3 heteroatoms. The highest BCUT2D eigenvalue weighted by molar-refractivity contribution is 5.81. The van der Waals surface area contributed by atoms with Gasteiger partial charge < -0.3 is 10.0 Å². The summed E-state index contributed by atoms with van der Waals surface area (Å²) in [5.41, 5.74) is 6.74. The number of fused-ring (bicyclic) bond motifs is 1. The Kier molecular flexibility index (Phi) is 6.24. The van der Waals surface area contributed by atoms with E-state index in [0.29, 0.717) is 0 Å². The highest BCUT2D eigenvalue weighted by atomic mass is 16.4. The molecule has 1 aromatic rings. The van der Waals surface area contributed by atoms with Crippen LogP contribution in [0.2, 0.25) is 0 Å². The molecule has 3 nitrogen and oxygen atoms in total. The van der Waals surface area contributed by atoms with E-state index >= 15 is 0 Å². The molecule has 1 aliphatic carbocycles. The molecule has 0 bridgehead atoms. The highest BCUT2D eigenvalue weighted by Gasteiger charge is 2.37. The monoisotopic (exact) mass is 369 g/mol. The Morgan fingerprint density at radius 3 is 2.22 bits per heavy atom. The number of hydrogen-bond acceptors (Lipinski definition) is 2. The van der Waals surface area contributed by atoms with E-state index in [-0.39, 0.29) is 10.8 Å². The third-order valence-electron chi connectivity index (χ3n) is 5.95. The molecule has 0 unspecified atom stereocenters. The largest absolute Gasteiger partial charge is 0.478 e. The molecule has 0 amide bonds. The van der Waals surface area contributed by atoms with E-state index in [1.807, 2.05) is 19.1 Å². The van der Waals surface area contributed by atoms with Gasteiger partial charge in [0, 0.05) is 24.9 Å². The Morgan fingerprint density at radius 2 is 1.70 bits per heavy atom. The summed E-state index contributed by atoms with van der Waals surface area (Å²) in [6, 6.07) is 4.80. The minimum atomic E-state index is -0.903. The molecule has 0 atom stereocenters. The summed E-state index contributed by atoms with van der Waals surface area (Å²) in [5.74, 6) is -0.903. The minimum Gasteiger partial charge on any atom is -0.478 e. The highest BCUT2D eigenvalue weighted by Crippen LogP contribution is 2.47. The summed E-state index contributed by atoms with van der Waals surface area (Å²) < 4.78 is 0. The summed E-state index contributed by atoms with van der Waals surface area (Å²) in [4.78, 5) is 13.1. The molecule has 1 aliphatic rings. The van der Waals surface area contributed by atoms with Crippen LogP contribution in [-0.2, 0) is 15.6 Å². The topological polar surface area (TPSA) is 40.5 Å². The van der Waals surface area contributed by atoms with Crippen LogP contribution in [-0.4, -0.2) is 24.2 Å². The van der Waals surface area contributed by atoms with Crippen molar-refractivity contribution in [3.8, 4) is 0 Å². The number of aliphatic carboxylic acids is 1. The van der Waals surface area contributed by atoms with Crippen molar-refractivity contribution in [1.82, 2.24) is 0 Å². The van der Waals surface area contributed by atoms with Crippen LogP contribution in [0.1, 0.15) is 71.1 Å². The number of hydrogen-bond donors (Lipinski definition) is 1. The van der Waals surface area contributed by atoms with Crippen LogP contribution in [0.4, 0.5) is 5.69 Å². The van der Waals surface area contributed by atoms with Crippen LogP contribution in [0.15, 0.2) is 35.9 Å². The van der Waals surface area contributed by atoms with Crippen LogP contribution in [0, 0.1) is 6.92 Å². The molecule has 2 rings (SSSR count). The van der Waals surface area contributed by atoms with Gasteiger partial charge in [0.1, 0.15) is 0 Å². The first-order valence-corrected chi connectivity index (χ1v) is 9.96. The second kappa shape index (κ2) is 7.92. The van der Waals surface area contributed by atoms with Crippen molar-refractivity contribution in [1.29, 1.82) is 0 Å². The number of anilines is 1. The van der Waals surface area contributed by atoms with Gasteiger partial charge in [-0.3, -0.25) is 0 Å². The van der Waals surface area contributed by atoms with Gasteiger partial charge in [-0.05, 0) is 72.8 Å². The van der Waals surface area contributed by atoms with E-state index in [9.17, 15) is 4.79 Å². The summed E-state index contributed by atoms with van der Waals surface area (Å²) >= 11 is 0. The van der Waals surface area contributed by atoms with Gasteiger partial charge >= 0.3 is 5.97 Å². The number of carboxylic acids is 1. The Hall–Kier alpha value is -2.03. The number of allylic oxidation sites excluding steroid dienone is 2. The van der Waals surface area contributed by atoms with Crippen molar-refractivity contribution in [3.63, 3.8) is 0 Å². The number of carbonyl (C=O) groups is 1. The summed E-state index contributed by atoms with van der Waals surface area (Å²) in [7, 11) is 0. The fraction of sp³-hybridized carbons (Fsp3) is 0.542. The number of nitrogens with zero attached hydrogens (tertiary/aromatic N) is 1. The number of benzene rings is 1. The third kappa shape index (κ3) is 4.82. The Balaban J connectivity index is 2.37. The molecule has 0 fully saturated rings. The van der Waals surface area contributed by atoms with Gasteiger partial charge in [-0.25, -0.2) is 4.79 Å². The predicted molar refractivity (Wildman–Crippen MR) is 115 cm³/mol. The Morgan fingerprint density at radius 1 is 1.15 bits per heavy atom. The maximum absolute atomic E-state index is 10.8. The molecular weight excluding hydrogens is 334 g/mol. The zero-order valence-electron chi connectivity index (χ0n) is 18.0. The lowest BCUT2D eigenvalue weighted by molar-refractivity contribution is -0.131. The van der Waals surface area contributed by atoms with Crippen LogP contribution < -0.4 is 4.90 Å². The van der Waals surface area contributed by atoms with E-state index in [2.05, 4.69) is 58.6 Å². The fourth-order valence-electron chi connectivity index (χ4n) is 4.06. The Labute approximate surface area is 164 Å². The molecular formula is C24H35NO2. The molecule has 0 saturated carbocycles. The summed E-state index contributed by atoms with van der Waals surface area (Å²) in [6.07, 6.45) is 7.60. The lowest BCUT2D eigenvalue weighted by Crippen LogP contribution is -2.35. The molecule has 0 heterocycles. The molecule has 27 heavy (non-hydrogen) atoms. The molecule has 0 radical (unpaired) electrons. The van der Waals surface area contributed by atoms with Crippen LogP contribution in [0.25, 0.3) is 0 Å². The molecule has 1 N–H and O–H groups in total. The van der Waals surface area contributed by atoms with Gasteiger partial charge in [0.2, 0.25) is 0 Å². The quantitative estimate of drug-likeness (QED) is 0.512. The molecule has 0 spiro atoms. The van der Waals surface area contributed by atoms with Crippen LogP contribution in [0.3, 0.4) is 0 Å². The van der Waals surface area contributed by atoms with Crippen molar-refractivity contribution >= 4 is 11.7 Å². The molecule has 1 aromatic carbocycles. The second-order valence-corrected chi connectivity index (χ2v) is 9.12. The summed E-state index contributed by atoms with van der Waals surface area (Å²) in [5, 5.41) is 8.84. The van der Waals surface area contributed by atoms with E-state index in [1.54, 1.807) is 0 Å². The van der Waals surface area contributed by atoms with Crippen molar-refractivity contribution in [2.75, 3.05) is 18.0 Å². The number of rotatable bonds is 6. The van der Waals surface area contributed by atoms with E-state index in [4.69, 9.17) is 5.11 Å². The average Bonchev–Trinajstić information content (AvgIpc) is 2.55. The molecule has 0 aromatic heterocycles. The molecule has 148 valence electrons. The van der Waals surface area contributed by atoms with Gasteiger partial charge in [-0.2, -0.15) is 0 Å². The normalized spacial score (nSPS) is 18.4. The standard InChI is InChI=1S/C24H35NO2/c1-8-25(13-9-10-17(2)14-22(26)27)21-16-20-19(15-18(21)3)23(4,5)11-12-24(20,6)7/h9-10,14-16H,8,11-13H2,1-7H3,(H,26,27)/b10-9+,17-14+. The maximum atomic E-state index is 10.8. The van der Waals surface area contributed by atoms with Crippen molar-refractivity contribution < 1.29 is 9.90 Å². The van der Waals surface area contributed by atoms with Crippen molar-refractivity contribution in [2.45, 2.75) is 72.1 Å². The molecule has 0 aliphatic heterocycles. The van der Waals surface area contributed by atoms with Gasteiger partial charge in [-0.15, -0.1) is 0 Å². The van der Waals surface area contributed by atoms with Gasteiger partial charge in [0.25, 0.3) is 0 Å². The smallest absolute Gasteiger partial charge is 0.328 e. The first-order valence-electron chi connectivity index (χ1n) is 9.96. The van der Waals surface area contributed by atoms with E-state index in [0.717, 1.165) is 18.7 Å². The maximum Gasteiger partial charge on any atom is 0.328 e. The lowest BCUT2D eigenvalue weighted by atomic mass is 9.63. The van der Waals surface area contributed by atoms with Crippen molar-refractivity contribution in [2.24, 2.45) is 0 Å². The zero-order valence-corrected chi connectivity index (χ0v) is 18.0. The van der Waals surface area contributed by atoms with Crippen LogP contribution in [0.5, 0.6) is 0 Å². The lowest BCUT2D eigenvalue weighted by Gasteiger charge is -2.43.